The molecule has 0 amide bonds. The van der Waals surface area contributed by atoms with Gasteiger partial charge in [-0.15, -0.1) is 0 Å². The van der Waals surface area contributed by atoms with Crippen LogP contribution in [0.3, 0.4) is 0 Å². The molecular formula is C20H7F3N4. The van der Waals surface area contributed by atoms with Crippen molar-refractivity contribution in [3.05, 3.63) is 87.1 Å². The van der Waals surface area contributed by atoms with Gasteiger partial charge in [0.15, 0.2) is 11.6 Å². The van der Waals surface area contributed by atoms with Crippen molar-refractivity contribution in [2.45, 2.75) is 0 Å². The Morgan fingerprint density at radius 3 is 1.89 bits per heavy atom. The van der Waals surface area contributed by atoms with Crippen LogP contribution in [0.5, 0.6) is 0 Å². The van der Waals surface area contributed by atoms with Crippen LogP contribution in [-0.2, 0) is 0 Å². The van der Waals surface area contributed by atoms with Crippen molar-refractivity contribution >= 4 is 17.5 Å². The summed E-state index contributed by atoms with van der Waals surface area (Å²) in [5, 5.41) is 16.1. The average Bonchev–Trinajstić information content (AvgIpc) is 2.70. The van der Waals surface area contributed by atoms with E-state index in [1.807, 2.05) is 0 Å². The Morgan fingerprint density at radius 2 is 1.44 bits per heavy atom. The first kappa shape index (κ1) is 19.0. The lowest BCUT2D eigenvalue weighted by Crippen LogP contribution is -2.29. The van der Waals surface area contributed by atoms with Crippen LogP contribution in [-0.4, -0.2) is 0 Å². The highest BCUT2D eigenvalue weighted by Crippen LogP contribution is 2.21. The minimum absolute atomic E-state index is 0.0329. The van der Waals surface area contributed by atoms with E-state index in [1.165, 1.54) is 42.5 Å². The number of hydrogen-bond acceptors (Lipinski definition) is 2. The van der Waals surface area contributed by atoms with Crippen LogP contribution in [0, 0.1) is 53.3 Å². The van der Waals surface area contributed by atoms with Crippen LogP contribution in [0.15, 0.2) is 30.8 Å². The summed E-state index contributed by atoms with van der Waals surface area (Å²) in [5.41, 5.74) is -0.734. The first-order valence-electron chi connectivity index (χ1n) is 7.18. The summed E-state index contributed by atoms with van der Waals surface area (Å²) in [6, 6.07) is 8.57. The van der Waals surface area contributed by atoms with Gasteiger partial charge in [0, 0.05) is 5.56 Å². The maximum Gasteiger partial charge on any atom is 0.532 e. The van der Waals surface area contributed by atoms with E-state index in [9.17, 15) is 8.78 Å². The summed E-state index contributed by atoms with van der Waals surface area (Å²) in [7, 11) is 0. The molecular weight excluding hydrogens is 353 g/mol. The molecule has 0 aliphatic rings. The van der Waals surface area contributed by atoms with Gasteiger partial charge in [-0.3, -0.25) is 0 Å². The summed E-state index contributed by atoms with van der Waals surface area (Å²) >= 11 is 0. The van der Waals surface area contributed by atoms with Crippen LogP contribution < -0.4 is 10.4 Å². The van der Waals surface area contributed by atoms with E-state index in [2.05, 4.69) is 16.3 Å². The first-order chi connectivity index (χ1) is 12.9. The molecule has 0 bridgehead atoms. The van der Waals surface area contributed by atoms with Gasteiger partial charge in [-0.05, 0) is 11.1 Å². The lowest BCUT2D eigenvalue weighted by molar-refractivity contribution is 0.481. The summed E-state index contributed by atoms with van der Waals surface area (Å²) in [4.78, 5) is 5.46. The largest absolute Gasteiger partial charge is 0.532 e. The molecule has 4 nitrogen and oxygen atoms in total. The fourth-order valence-corrected chi connectivity index (χ4v) is 2.42. The lowest BCUT2D eigenvalue weighted by atomic mass is 9.97. The van der Waals surface area contributed by atoms with E-state index in [-0.39, 0.29) is 5.56 Å². The van der Waals surface area contributed by atoms with E-state index < -0.39 is 44.8 Å². The van der Waals surface area contributed by atoms with Crippen LogP contribution >= 0.6 is 0 Å². The lowest BCUT2D eigenvalue weighted by Gasteiger charge is -2.09. The van der Waals surface area contributed by atoms with Crippen molar-refractivity contribution in [2.75, 3.05) is 0 Å². The second-order valence-electron chi connectivity index (χ2n) is 5.04. The van der Waals surface area contributed by atoms with Gasteiger partial charge < -0.3 is 0 Å². The molecule has 0 saturated heterocycles. The third-order valence-electron chi connectivity index (χ3n) is 3.66. The maximum atomic E-state index is 15.1. The first-order valence-corrected chi connectivity index (χ1v) is 7.18. The topological polar surface area (TPSA) is 56.3 Å². The van der Waals surface area contributed by atoms with Gasteiger partial charge in [-0.2, -0.15) is 20.2 Å². The van der Waals surface area contributed by atoms with Crippen molar-refractivity contribution in [2.24, 2.45) is 0 Å². The fraction of sp³-hybridized carbons (Fsp3) is 0. The molecule has 0 heterocycles. The van der Waals surface area contributed by atoms with Gasteiger partial charge in [0.1, 0.15) is 41.9 Å². The van der Waals surface area contributed by atoms with Gasteiger partial charge in [0.25, 0.3) is 0 Å². The van der Waals surface area contributed by atoms with E-state index >= 15 is 4.39 Å². The second-order valence-corrected chi connectivity index (χ2v) is 5.04. The Hall–Kier alpha value is -4.33. The zero-order valence-electron chi connectivity index (χ0n) is 13.5. The number of hydrogen-bond donors (Lipinski definition) is 0. The third kappa shape index (κ3) is 3.14. The quantitative estimate of drug-likeness (QED) is 0.608. The summed E-state index contributed by atoms with van der Waals surface area (Å²) < 4.78 is 44.3. The normalized spacial score (nSPS) is 9.30. The van der Waals surface area contributed by atoms with E-state index in [1.54, 1.807) is 0 Å². The van der Waals surface area contributed by atoms with Crippen molar-refractivity contribution in [3.8, 4) is 23.3 Å². The molecule has 2 aromatic rings. The highest BCUT2D eigenvalue weighted by molar-refractivity contribution is 5.80. The number of nitrogens with zero attached hydrogens (tertiary/aromatic N) is 4. The summed E-state index contributed by atoms with van der Waals surface area (Å²) in [6.07, 6.45) is 1.50. The van der Waals surface area contributed by atoms with Crippen molar-refractivity contribution < 1.29 is 13.2 Å². The average molecular weight is 360 g/mol. The molecule has 0 aromatic heterocycles. The Kier molecular flexibility index (Phi) is 5.42. The number of nitriles is 2. The molecule has 7 heteroatoms. The van der Waals surface area contributed by atoms with Crippen LogP contribution in [0.2, 0.25) is 0 Å². The summed E-state index contributed by atoms with van der Waals surface area (Å²) in [6.45, 7) is 17.4. The van der Waals surface area contributed by atoms with Crippen LogP contribution in [0.25, 0.3) is 38.3 Å². The van der Waals surface area contributed by atoms with Crippen LogP contribution in [0.1, 0.15) is 5.56 Å². The monoisotopic (exact) mass is 360 g/mol. The molecule has 0 fully saturated rings. The van der Waals surface area contributed by atoms with E-state index in [0.717, 1.165) is 0 Å². The minimum Gasteiger partial charge on any atom is -0.207 e. The van der Waals surface area contributed by atoms with Crippen molar-refractivity contribution in [3.63, 3.8) is 0 Å². The standard InChI is InChI=1S/C20H7F3N4/c1-4-11-5-7-12(8-6-11)14-15(13(9-24)10-25)18(22)19(23)16(17(14)21)20(26-2)27-3/h4-8H,1H2. The Morgan fingerprint density at radius 1 is 0.926 bits per heavy atom. The molecule has 0 spiro atoms. The molecule has 0 N–H and O–H groups in total. The van der Waals surface area contributed by atoms with Gasteiger partial charge in [-0.25, -0.2) is 13.2 Å². The second kappa shape index (κ2) is 7.70. The number of halogens is 3. The zero-order valence-corrected chi connectivity index (χ0v) is 13.5. The molecule has 2 aromatic carbocycles. The molecule has 0 aliphatic carbocycles. The van der Waals surface area contributed by atoms with Crippen molar-refractivity contribution in [1.82, 2.24) is 0 Å². The maximum absolute atomic E-state index is 15.1. The van der Waals surface area contributed by atoms with Gasteiger partial charge in [0.05, 0.1) is 5.22 Å². The molecule has 128 valence electrons. The van der Waals surface area contributed by atoms with Gasteiger partial charge in [-0.1, -0.05) is 36.9 Å². The van der Waals surface area contributed by atoms with E-state index in [0.29, 0.717) is 5.56 Å². The van der Waals surface area contributed by atoms with E-state index in [4.69, 9.17) is 23.7 Å². The molecule has 0 radical (unpaired) electrons. The Labute approximate surface area is 152 Å². The Bertz CT molecular complexity index is 1210. The molecule has 0 aliphatic heterocycles. The van der Waals surface area contributed by atoms with Gasteiger partial charge in [0.2, 0.25) is 0 Å². The molecule has 2 rings (SSSR count). The predicted octanol–water partition coefficient (Wildman–Crippen LogP) is 3.52. The fourth-order valence-electron chi connectivity index (χ4n) is 2.42. The predicted molar refractivity (Wildman–Crippen MR) is 92.3 cm³/mol. The smallest absolute Gasteiger partial charge is 0.207 e. The zero-order chi connectivity index (χ0) is 20.1. The van der Waals surface area contributed by atoms with Crippen LogP contribution in [0.4, 0.5) is 13.2 Å². The van der Waals surface area contributed by atoms with Gasteiger partial charge >= 0.3 is 5.82 Å². The highest BCUT2D eigenvalue weighted by atomic mass is 19.2. The highest BCUT2D eigenvalue weighted by Gasteiger charge is 2.26. The SMILES string of the molecule is [C-]#[N+]C([N+]#[C-])=c1c(F)c(F)c(=C(C#N)C#N)c(-c2ccc(C=C)cc2)c1F. The molecule has 0 unspecified atom stereocenters. The minimum atomic E-state index is -1.81. The third-order valence-corrected chi connectivity index (χ3v) is 3.66. The summed E-state index contributed by atoms with van der Waals surface area (Å²) in [5.74, 6) is -5.90. The molecule has 27 heavy (non-hydrogen) atoms. The molecule has 0 atom stereocenters. The number of benzene rings is 2. The molecule has 0 saturated carbocycles. The van der Waals surface area contributed by atoms with Crippen molar-refractivity contribution in [1.29, 1.82) is 10.5 Å². The Balaban J connectivity index is 3.27. The number of rotatable bonds is 2.